The first-order chi connectivity index (χ1) is 5.33. The normalized spacial score (nSPS) is 26.9. The third-order valence-corrected chi connectivity index (χ3v) is 2.37. The molecule has 64 valence electrons. The average molecular weight is 153 g/mol. The van der Waals surface area contributed by atoms with Crippen molar-refractivity contribution in [2.24, 2.45) is 0 Å². The van der Waals surface area contributed by atoms with Gasteiger partial charge in [-0.15, -0.1) is 0 Å². The molecule has 2 unspecified atom stereocenters. The molecule has 1 heteroatoms. The molecule has 11 heavy (non-hydrogen) atoms. The molecule has 0 fully saturated rings. The van der Waals surface area contributed by atoms with Crippen LogP contribution in [0.4, 0.5) is 0 Å². The lowest BCUT2D eigenvalue weighted by atomic mass is 10.0. The molecule has 0 aromatic rings. The summed E-state index contributed by atoms with van der Waals surface area (Å²) in [6.45, 7) is 4.48. The van der Waals surface area contributed by atoms with Crippen molar-refractivity contribution >= 4 is 0 Å². The zero-order chi connectivity index (χ0) is 8.10. The Morgan fingerprint density at radius 3 is 3.00 bits per heavy atom. The number of nitrogens with one attached hydrogen (secondary N) is 1. The number of hydrogen-bond donors (Lipinski definition) is 1. The summed E-state index contributed by atoms with van der Waals surface area (Å²) < 4.78 is 0. The van der Waals surface area contributed by atoms with Gasteiger partial charge in [-0.25, -0.2) is 0 Å². The molecule has 0 heterocycles. The van der Waals surface area contributed by atoms with E-state index in [2.05, 4.69) is 31.3 Å². The Bertz CT molecular complexity index is 129. The van der Waals surface area contributed by atoms with Crippen LogP contribution in [0.15, 0.2) is 12.2 Å². The lowest BCUT2D eigenvalue weighted by Crippen LogP contribution is -2.35. The summed E-state index contributed by atoms with van der Waals surface area (Å²) in [4.78, 5) is 0. The van der Waals surface area contributed by atoms with Crippen LogP contribution in [0.2, 0.25) is 0 Å². The third-order valence-electron chi connectivity index (χ3n) is 2.37. The van der Waals surface area contributed by atoms with Crippen molar-refractivity contribution < 1.29 is 0 Å². The summed E-state index contributed by atoms with van der Waals surface area (Å²) in [7, 11) is 0. The number of rotatable bonds is 3. The molecule has 0 spiro atoms. The summed E-state index contributed by atoms with van der Waals surface area (Å²) in [5.41, 5.74) is 0. The zero-order valence-corrected chi connectivity index (χ0v) is 7.64. The minimum Gasteiger partial charge on any atom is -0.308 e. The molecular weight excluding hydrogens is 134 g/mol. The van der Waals surface area contributed by atoms with E-state index in [-0.39, 0.29) is 0 Å². The SMILES string of the molecule is CCC(C)NC1C=CCCC1. The first-order valence-corrected chi connectivity index (χ1v) is 4.75. The molecule has 1 aliphatic rings. The van der Waals surface area contributed by atoms with Gasteiger partial charge in [0.25, 0.3) is 0 Å². The molecule has 0 saturated heterocycles. The Morgan fingerprint density at radius 1 is 1.64 bits per heavy atom. The summed E-state index contributed by atoms with van der Waals surface area (Å²) in [5, 5.41) is 3.58. The molecule has 0 radical (unpaired) electrons. The zero-order valence-electron chi connectivity index (χ0n) is 7.64. The second kappa shape index (κ2) is 4.55. The molecule has 2 atom stereocenters. The van der Waals surface area contributed by atoms with Gasteiger partial charge in [0.1, 0.15) is 0 Å². The first-order valence-electron chi connectivity index (χ1n) is 4.75. The smallest absolute Gasteiger partial charge is 0.0252 e. The van der Waals surface area contributed by atoms with E-state index in [1.165, 1.54) is 25.7 Å². The van der Waals surface area contributed by atoms with E-state index in [0.717, 1.165) is 0 Å². The molecule has 1 rings (SSSR count). The molecule has 0 aromatic carbocycles. The highest BCUT2D eigenvalue weighted by Gasteiger charge is 2.09. The quantitative estimate of drug-likeness (QED) is 0.614. The highest BCUT2D eigenvalue weighted by Crippen LogP contribution is 2.10. The van der Waals surface area contributed by atoms with E-state index in [1.54, 1.807) is 0 Å². The van der Waals surface area contributed by atoms with Gasteiger partial charge in [-0.3, -0.25) is 0 Å². The van der Waals surface area contributed by atoms with Crippen LogP contribution < -0.4 is 5.32 Å². The molecule has 1 N–H and O–H groups in total. The van der Waals surface area contributed by atoms with Gasteiger partial charge in [0.15, 0.2) is 0 Å². The van der Waals surface area contributed by atoms with Gasteiger partial charge in [-0.1, -0.05) is 19.1 Å². The Kier molecular flexibility index (Phi) is 3.64. The third kappa shape index (κ3) is 3.06. The maximum absolute atomic E-state index is 3.58. The molecule has 1 nitrogen and oxygen atoms in total. The van der Waals surface area contributed by atoms with Crippen molar-refractivity contribution in [1.29, 1.82) is 0 Å². The van der Waals surface area contributed by atoms with Crippen LogP contribution in [0.1, 0.15) is 39.5 Å². The highest BCUT2D eigenvalue weighted by atomic mass is 14.9. The van der Waals surface area contributed by atoms with E-state index in [4.69, 9.17) is 0 Å². The fraction of sp³-hybridized carbons (Fsp3) is 0.800. The maximum atomic E-state index is 3.58. The second-order valence-electron chi connectivity index (χ2n) is 3.44. The Labute approximate surface area is 69.9 Å². The van der Waals surface area contributed by atoms with Crippen molar-refractivity contribution in [3.05, 3.63) is 12.2 Å². The largest absolute Gasteiger partial charge is 0.308 e. The topological polar surface area (TPSA) is 12.0 Å². The van der Waals surface area contributed by atoms with Gasteiger partial charge in [-0.05, 0) is 32.6 Å². The van der Waals surface area contributed by atoms with Gasteiger partial charge < -0.3 is 5.32 Å². The molecule has 0 aromatic heterocycles. The van der Waals surface area contributed by atoms with E-state index in [0.29, 0.717) is 12.1 Å². The Morgan fingerprint density at radius 2 is 2.45 bits per heavy atom. The van der Waals surface area contributed by atoms with Crippen LogP contribution in [0.5, 0.6) is 0 Å². The van der Waals surface area contributed by atoms with Gasteiger partial charge in [0.05, 0.1) is 0 Å². The Balaban J connectivity index is 2.24. The van der Waals surface area contributed by atoms with E-state index in [1.807, 2.05) is 0 Å². The molecule has 1 aliphatic carbocycles. The predicted octanol–water partition coefficient (Wildman–Crippen LogP) is 2.48. The van der Waals surface area contributed by atoms with Crippen LogP contribution >= 0.6 is 0 Å². The molecule has 0 aliphatic heterocycles. The highest BCUT2D eigenvalue weighted by molar-refractivity contribution is 4.97. The van der Waals surface area contributed by atoms with Crippen molar-refractivity contribution in [3.63, 3.8) is 0 Å². The predicted molar refractivity (Wildman–Crippen MR) is 49.7 cm³/mol. The van der Waals surface area contributed by atoms with E-state index in [9.17, 15) is 0 Å². The standard InChI is InChI=1S/C10H19N/c1-3-9(2)11-10-7-5-4-6-8-10/h5,7,9-11H,3-4,6,8H2,1-2H3. The van der Waals surface area contributed by atoms with Crippen molar-refractivity contribution in [2.75, 3.05) is 0 Å². The molecular formula is C10H19N. The minimum absolute atomic E-state index is 0.652. The summed E-state index contributed by atoms with van der Waals surface area (Å²) in [5.74, 6) is 0. The monoisotopic (exact) mass is 153 g/mol. The van der Waals surface area contributed by atoms with Crippen molar-refractivity contribution in [2.45, 2.75) is 51.6 Å². The Hall–Kier alpha value is -0.300. The fourth-order valence-corrected chi connectivity index (χ4v) is 1.43. The van der Waals surface area contributed by atoms with Crippen LogP contribution in [-0.4, -0.2) is 12.1 Å². The van der Waals surface area contributed by atoms with Crippen molar-refractivity contribution in [1.82, 2.24) is 5.32 Å². The van der Waals surface area contributed by atoms with Gasteiger partial charge in [-0.2, -0.15) is 0 Å². The molecule has 0 amide bonds. The second-order valence-corrected chi connectivity index (χ2v) is 3.44. The number of hydrogen-bond acceptors (Lipinski definition) is 1. The fourth-order valence-electron chi connectivity index (χ4n) is 1.43. The summed E-state index contributed by atoms with van der Waals surface area (Å²) in [6, 6.07) is 1.32. The average Bonchev–Trinajstić information content (AvgIpc) is 2.06. The van der Waals surface area contributed by atoms with Crippen LogP contribution in [0.25, 0.3) is 0 Å². The molecule has 0 saturated carbocycles. The van der Waals surface area contributed by atoms with Crippen molar-refractivity contribution in [3.8, 4) is 0 Å². The lowest BCUT2D eigenvalue weighted by molar-refractivity contribution is 0.449. The number of allylic oxidation sites excluding steroid dienone is 1. The van der Waals surface area contributed by atoms with E-state index >= 15 is 0 Å². The first kappa shape index (κ1) is 8.79. The molecule has 0 bridgehead atoms. The van der Waals surface area contributed by atoms with Gasteiger partial charge in [0.2, 0.25) is 0 Å². The van der Waals surface area contributed by atoms with Crippen LogP contribution in [-0.2, 0) is 0 Å². The maximum Gasteiger partial charge on any atom is 0.0252 e. The van der Waals surface area contributed by atoms with Gasteiger partial charge in [0, 0.05) is 12.1 Å². The van der Waals surface area contributed by atoms with E-state index < -0.39 is 0 Å². The minimum atomic E-state index is 0.652. The van der Waals surface area contributed by atoms with Crippen LogP contribution in [0, 0.1) is 0 Å². The summed E-state index contributed by atoms with van der Waals surface area (Å²) >= 11 is 0. The van der Waals surface area contributed by atoms with Gasteiger partial charge >= 0.3 is 0 Å². The van der Waals surface area contributed by atoms with Crippen LogP contribution in [0.3, 0.4) is 0 Å². The lowest BCUT2D eigenvalue weighted by Gasteiger charge is -2.21. The summed E-state index contributed by atoms with van der Waals surface area (Å²) in [6.07, 6.45) is 9.79.